The Labute approximate surface area is 225 Å². The van der Waals surface area contributed by atoms with E-state index in [1.165, 1.54) is 0 Å². The molecule has 0 heterocycles. The predicted molar refractivity (Wildman–Crippen MR) is 127 cm³/mol. The highest BCUT2D eigenvalue weighted by Gasteiger charge is 2.57. The lowest BCUT2D eigenvalue weighted by Crippen LogP contribution is -2.34. The SMILES string of the molecule is COc1ccc2c(c1)CCCC2=O.O=C1CCCc2cc(O)ccc21.O=S(=O)(OS(=O)(=O)C(F)(F)F)C(F)(F)F. The molecule has 40 heavy (non-hydrogen) atoms. The molecule has 2 aromatic rings. The van der Waals surface area contributed by atoms with E-state index in [0.29, 0.717) is 12.8 Å². The largest absolute Gasteiger partial charge is 0.524 e. The second kappa shape index (κ2) is 12.6. The normalized spacial score (nSPS) is 15.5. The van der Waals surface area contributed by atoms with E-state index in [1.807, 2.05) is 21.8 Å². The third kappa shape index (κ3) is 8.41. The molecule has 0 saturated heterocycles. The fourth-order valence-corrected chi connectivity index (χ4v) is 5.14. The molecule has 0 aliphatic heterocycles. The number of halogens is 6. The van der Waals surface area contributed by atoms with E-state index in [0.717, 1.165) is 53.7 Å². The van der Waals surface area contributed by atoms with Gasteiger partial charge in [0.15, 0.2) is 11.6 Å². The maximum atomic E-state index is 11.4. The van der Waals surface area contributed by atoms with Gasteiger partial charge < -0.3 is 9.84 Å². The number of fused-ring (bicyclic) bond motifs is 2. The zero-order valence-electron chi connectivity index (χ0n) is 20.5. The summed E-state index contributed by atoms with van der Waals surface area (Å²) in [6.07, 6.45) is 5.14. The number of methoxy groups -OCH3 is 1. The van der Waals surface area contributed by atoms with Crippen molar-refractivity contribution in [2.75, 3.05) is 7.11 Å². The molecule has 2 aliphatic carbocycles. The van der Waals surface area contributed by atoms with Crippen molar-refractivity contribution < 1.29 is 66.2 Å². The van der Waals surface area contributed by atoms with Crippen LogP contribution >= 0.6 is 0 Å². The first kappa shape index (κ1) is 33.0. The Morgan fingerprint density at radius 2 is 1.12 bits per heavy atom. The molecule has 1 N–H and O–H groups in total. The van der Waals surface area contributed by atoms with Gasteiger partial charge in [-0.2, -0.15) is 43.2 Å². The van der Waals surface area contributed by atoms with E-state index in [-0.39, 0.29) is 17.3 Å². The molecule has 222 valence electrons. The second-order valence-electron chi connectivity index (χ2n) is 8.29. The minimum absolute atomic E-state index is 0.205. The van der Waals surface area contributed by atoms with Crippen molar-refractivity contribution in [1.82, 2.24) is 0 Å². The summed E-state index contributed by atoms with van der Waals surface area (Å²) in [4.78, 5) is 22.8. The quantitative estimate of drug-likeness (QED) is 0.377. The first-order valence-corrected chi connectivity index (χ1v) is 14.0. The standard InChI is InChI=1S/C11H12O2.C10H10O2.C2F6O5S2/c1-13-9-5-6-10-8(7-9)3-2-4-11(10)12;11-8-4-5-9-7(6-8)2-1-3-10(9)12;3-1(4,5)14(9,10)13-15(11,12)2(6,7)8/h5-7H,2-4H2,1H3;4-6,11H,1-3H2;. The fraction of sp³-hybridized carbons (Fsp3) is 0.391. The Morgan fingerprint density at radius 3 is 1.55 bits per heavy atom. The summed E-state index contributed by atoms with van der Waals surface area (Å²) in [5.41, 5.74) is -8.72. The van der Waals surface area contributed by atoms with E-state index in [4.69, 9.17) is 9.84 Å². The van der Waals surface area contributed by atoms with Crippen molar-refractivity contribution in [2.45, 2.75) is 49.5 Å². The van der Waals surface area contributed by atoms with Crippen molar-refractivity contribution >= 4 is 31.8 Å². The van der Waals surface area contributed by atoms with Gasteiger partial charge in [-0.3, -0.25) is 9.59 Å². The van der Waals surface area contributed by atoms with E-state index in [2.05, 4.69) is 0 Å². The van der Waals surface area contributed by atoms with Gasteiger partial charge in [-0.25, -0.2) is 0 Å². The van der Waals surface area contributed by atoms with Gasteiger partial charge in [0, 0.05) is 24.0 Å². The van der Waals surface area contributed by atoms with Crippen LogP contribution in [-0.2, 0) is 36.7 Å². The van der Waals surface area contributed by atoms with Crippen molar-refractivity contribution in [3.05, 3.63) is 58.7 Å². The summed E-state index contributed by atoms with van der Waals surface area (Å²) in [7, 11) is -12.0. The van der Waals surface area contributed by atoms with Crippen molar-refractivity contribution in [3.8, 4) is 11.5 Å². The first-order chi connectivity index (χ1) is 18.3. The van der Waals surface area contributed by atoms with Crippen LogP contribution in [0.4, 0.5) is 26.3 Å². The van der Waals surface area contributed by atoms with E-state index in [1.54, 1.807) is 25.3 Å². The topological polar surface area (TPSA) is 141 Å². The summed E-state index contributed by atoms with van der Waals surface area (Å²) >= 11 is 0. The van der Waals surface area contributed by atoms with Gasteiger partial charge in [0.1, 0.15) is 11.5 Å². The van der Waals surface area contributed by atoms with Gasteiger partial charge in [0.05, 0.1) is 7.11 Å². The molecule has 0 unspecified atom stereocenters. The number of alkyl halides is 6. The van der Waals surface area contributed by atoms with E-state index in [9.17, 15) is 52.8 Å². The molecule has 0 atom stereocenters. The predicted octanol–water partition coefficient (Wildman–Crippen LogP) is 4.83. The maximum absolute atomic E-state index is 11.4. The lowest BCUT2D eigenvalue weighted by molar-refractivity contribution is -0.0585. The maximum Gasteiger partial charge on any atom is 0.524 e. The Morgan fingerprint density at radius 1 is 0.700 bits per heavy atom. The third-order valence-corrected chi connectivity index (χ3v) is 8.02. The van der Waals surface area contributed by atoms with E-state index >= 15 is 0 Å². The average Bonchev–Trinajstić information content (AvgIpc) is 2.83. The molecule has 2 aromatic carbocycles. The zero-order valence-corrected chi connectivity index (χ0v) is 22.1. The van der Waals surface area contributed by atoms with Crippen LogP contribution in [0.2, 0.25) is 0 Å². The van der Waals surface area contributed by atoms with Crippen LogP contribution in [0.1, 0.15) is 57.5 Å². The molecule has 0 spiro atoms. The lowest BCUT2D eigenvalue weighted by Gasteiger charge is -2.14. The number of phenolic OH excluding ortho intramolecular Hbond substituents is 1. The number of carbonyl (C=O) groups is 2. The summed E-state index contributed by atoms with van der Waals surface area (Å²) in [5, 5.41) is 9.16. The van der Waals surface area contributed by atoms with Gasteiger partial charge in [-0.15, -0.1) is 3.63 Å². The first-order valence-electron chi connectivity index (χ1n) is 11.2. The summed E-state index contributed by atoms with van der Waals surface area (Å²) < 4.78 is 115. The van der Waals surface area contributed by atoms with Gasteiger partial charge in [0.25, 0.3) is 0 Å². The minimum Gasteiger partial charge on any atom is -0.508 e. The number of ether oxygens (including phenoxy) is 1. The number of hydrogen-bond donors (Lipinski definition) is 1. The van der Waals surface area contributed by atoms with Crippen LogP contribution < -0.4 is 4.74 Å². The highest BCUT2D eigenvalue weighted by Crippen LogP contribution is 2.32. The molecular weight excluding hydrogens is 598 g/mol. The van der Waals surface area contributed by atoms with Gasteiger partial charge in [-0.1, -0.05) is 0 Å². The molecular formula is C23H22F6O9S2. The average molecular weight is 621 g/mol. The number of aromatic hydroxyl groups is 1. The summed E-state index contributed by atoms with van der Waals surface area (Å²) in [6, 6.07) is 10.7. The highest BCUT2D eigenvalue weighted by atomic mass is 32.3. The van der Waals surface area contributed by atoms with Gasteiger partial charge >= 0.3 is 31.3 Å². The fourth-order valence-electron chi connectivity index (χ4n) is 3.58. The van der Waals surface area contributed by atoms with Gasteiger partial charge in [-0.05, 0) is 73.2 Å². The minimum atomic E-state index is -6.85. The molecule has 4 rings (SSSR count). The van der Waals surface area contributed by atoms with Crippen LogP contribution in [-0.4, -0.2) is 51.6 Å². The van der Waals surface area contributed by atoms with E-state index < -0.39 is 31.3 Å². The lowest BCUT2D eigenvalue weighted by atomic mass is 9.91. The molecule has 0 amide bonds. The molecule has 0 radical (unpaired) electrons. The van der Waals surface area contributed by atoms with Crippen LogP contribution in [0.15, 0.2) is 36.4 Å². The molecule has 0 aromatic heterocycles. The number of phenols is 1. The monoisotopic (exact) mass is 620 g/mol. The zero-order chi connectivity index (χ0) is 30.5. The Balaban J connectivity index is 0.000000211. The van der Waals surface area contributed by atoms with Crippen molar-refractivity contribution in [1.29, 1.82) is 0 Å². The number of carbonyl (C=O) groups excluding carboxylic acids is 2. The van der Waals surface area contributed by atoms with Crippen molar-refractivity contribution in [3.63, 3.8) is 0 Å². The number of rotatable bonds is 3. The van der Waals surface area contributed by atoms with Crippen LogP contribution in [0.5, 0.6) is 11.5 Å². The Hall–Kier alpha value is -3.18. The van der Waals surface area contributed by atoms with Gasteiger partial charge in [0.2, 0.25) is 0 Å². The smallest absolute Gasteiger partial charge is 0.508 e. The third-order valence-electron chi connectivity index (χ3n) is 5.45. The number of ketones is 2. The Bertz CT molecular complexity index is 1420. The number of Topliss-reactive ketones (excluding diaryl/α,β-unsaturated/α-hetero) is 2. The number of hydrogen-bond acceptors (Lipinski definition) is 9. The van der Waals surface area contributed by atoms with Crippen LogP contribution in [0, 0.1) is 0 Å². The number of benzene rings is 2. The Kier molecular flexibility index (Phi) is 10.4. The van der Waals surface area contributed by atoms with Crippen molar-refractivity contribution in [2.24, 2.45) is 0 Å². The molecule has 0 fully saturated rings. The summed E-state index contributed by atoms with van der Waals surface area (Å²) in [6.45, 7) is 0. The molecule has 17 heteroatoms. The molecule has 0 bridgehead atoms. The van der Waals surface area contributed by atoms with Crippen LogP contribution in [0.3, 0.4) is 0 Å². The molecule has 2 aliphatic rings. The number of aryl methyl sites for hydroxylation is 2. The highest BCUT2D eigenvalue weighted by molar-refractivity contribution is 8.00. The summed E-state index contributed by atoms with van der Waals surface area (Å²) in [5.74, 6) is 1.57. The van der Waals surface area contributed by atoms with Crippen LogP contribution in [0.25, 0.3) is 0 Å². The second-order valence-corrected chi connectivity index (χ2v) is 11.6. The molecule has 9 nitrogen and oxygen atoms in total. The molecule has 0 saturated carbocycles.